The number of hydrogen-bond acceptors (Lipinski definition) is 3. The van der Waals surface area contributed by atoms with Gasteiger partial charge in [-0.05, 0) is 38.0 Å². The van der Waals surface area contributed by atoms with Gasteiger partial charge >= 0.3 is 5.63 Å². The minimum Gasteiger partial charge on any atom is -0.475 e. The van der Waals surface area contributed by atoms with E-state index in [1.807, 2.05) is 32.9 Å². The van der Waals surface area contributed by atoms with Crippen LogP contribution in [-0.4, -0.2) is 5.60 Å². The summed E-state index contributed by atoms with van der Waals surface area (Å²) >= 11 is 0. The Labute approximate surface area is 112 Å². The van der Waals surface area contributed by atoms with E-state index in [9.17, 15) is 4.79 Å². The van der Waals surface area contributed by atoms with Crippen LogP contribution >= 0.6 is 0 Å². The predicted molar refractivity (Wildman–Crippen MR) is 75.4 cm³/mol. The largest absolute Gasteiger partial charge is 0.475 e. The molecule has 98 valence electrons. The summed E-state index contributed by atoms with van der Waals surface area (Å²) in [7, 11) is 0. The highest BCUT2D eigenvalue weighted by Crippen LogP contribution is 2.26. The molecule has 0 saturated heterocycles. The Balaban J connectivity index is 2.48. The molecule has 0 spiro atoms. The van der Waals surface area contributed by atoms with Crippen molar-refractivity contribution in [1.82, 2.24) is 0 Å². The second kappa shape index (κ2) is 4.81. The van der Waals surface area contributed by atoms with Crippen molar-refractivity contribution >= 4 is 11.0 Å². The minimum atomic E-state index is -0.655. The Kier molecular flexibility index (Phi) is 3.35. The Morgan fingerprint density at radius 2 is 2.16 bits per heavy atom. The third kappa shape index (κ3) is 2.63. The zero-order valence-corrected chi connectivity index (χ0v) is 11.3. The van der Waals surface area contributed by atoms with E-state index < -0.39 is 5.60 Å². The highest BCUT2D eigenvalue weighted by atomic mass is 16.5. The molecule has 2 rings (SSSR count). The van der Waals surface area contributed by atoms with Gasteiger partial charge in [0.1, 0.15) is 11.3 Å². The molecular formula is C16H16O3. The molecule has 0 aliphatic rings. The van der Waals surface area contributed by atoms with Crippen LogP contribution in [0.25, 0.3) is 11.0 Å². The molecule has 0 bridgehead atoms. The van der Waals surface area contributed by atoms with Crippen molar-refractivity contribution in [3.8, 4) is 18.1 Å². The second-order valence-electron chi connectivity index (χ2n) is 4.74. The lowest BCUT2D eigenvalue weighted by Gasteiger charge is -2.23. The van der Waals surface area contributed by atoms with Crippen LogP contribution in [0.15, 0.2) is 33.5 Å². The third-order valence-corrected chi connectivity index (χ3v) is 3.25. The lowest BCUT2D eigenvalue weighted by Crippen LogP contribution is -2.29. The average molecular weight is 256 g/mol. The summed E-state index contributed by atoms with van der Waals surface area (Å²) in [6.07, 6.45) is 6.17. The molecule has 1 aromatic heterocycles. The summed E-state index contributed by atoms with van der Waals surface area (Å²) in [6.45, 7) is 5.69. The van der Waals surface area contributed by atoms with Crippen LogP contribution < -0.4 is 10.4 Å². The molecule has 0 radical (unpaired) electrons. The SMILES string of the molecule is C#CC(C)(CC)Oc1ccc2c(C)cc(=O)oc2c1. The molecule has 0 amide bonds. The van der Waals surface area contributed by atoms with Crippen molar-refractivity contribution < 1.29 is 9.15 Å². The quantitative estimate of drug-likeness (QED) is 0.625. The molecule has 1 atom stereocenters. The molecule has 0 aliphatic carbocycles. The predicted octanol–water partition coefficient (Wildman–Crippen LogP) is 3.28. The molecule has 0 N–H and O–H groups in total. The van der Waals surface area contributed by atoms with Crippen LogP contribution in [0.1, 0.15) is 25.8 Å². The monoisotopic (exact) mass is 256 g/mol. The first-order valence-electron chi connectivity index (χ1n) is 6.19. The average Bonchev–Trinajstić information content (AvgIpc) is 2.38. The maximum absolute atomic E-state index is 11.4. The summed E-state index contributed by atoms with van der Waals surface area (Å²) in [4.78, 5) is 11.4. The van der Waals surface area contributed by atoms with E-state index in [2.05, 4.69) is 5.92 Å². The molecule has 0 aliphatic heterocycles. The number of ether oxygens (including phenoxy) is 1. The van der Waals surface area contributed by atoms with Gasteiger partial charge in [0.05, 0.1) is 0 Å². The minimum absolute atomic E-state index is 0.364. The first-order chi connectivity index (χ1) is 8.97. The van der Waals surface area contributed by atoms with E-state index in [4.69, 9.17) is 15.6 Å². The molecule has 3 nitrogen and oxygen atoms in total. The van der Waals surface area contributed by atoms with Crippen LogP contribution in [0.3, 0.4) is 0 Å². The smallest absolute Gasteiger partial charge is 0.336 e. The Hall–Kier alpha value is -2.21. The van der Waals surface area contributed by atoms with Gasteiger partial charge in [0, 0.05) is 17.5 Å². The van der Waals surface area contributed by atoms with Gasteiger partial charge in [0.15, 0.2) is 5.60 Å². The molecule has 0 fully saturated rings. The van der Waals surface area contributed by atoms with Crippen molar-refractivity contribution in [3.05, 3.63) is 40.2 Å². The van der Waals surface area contributed by atoms with Gasteiger partial charge in [-0.1, -0.05) is 12.8 Å². The second-order valence-corrected chi connectivity index (χ2v) is 4.74. The molecule has 1 unspecified atom stereocenters. The molecule has 0 saturated carbocycles. The first-order valence-corrected chi connectivity index (χ1v) is 6.19. The van der Waals surface area contributed by atoms with Crippen molar-refractivity contribution in [2.45, 2.75) is 32.8 Å². The molecule has 19 heavy (non-hydrogen) atoms. The number of hydrogen-bond donors (Lipinski definition) is 0. The Morgan fingerprint density at radius 3 is 2.79 bits per heavy atom. The standard InChI is InChI=1S/C16H16O3/c1-5-16(4,6-2)19-12-7-8-13-11(3)9-15(17)18-14(13)10-12/h1,7-10H,6H2,2-4H3. The van der Waals surface area contributed by atoms with Crippen molar-refractivity contribution in [3.63, 3.8) is 0 Å². The van der Waals surface area contributed by atoms with Gasteiger partial charge < -0.3 is 9.15 Å². The van der Waals surface area contributed by atoms with E-state index in [0.717, 1.165) is 10.9 Å². The van der Waals surface area contributed by atoms with Crippen LogP contribution in [0.2, 0.25) is 0 Å². The zero-order chi connectivity index (χ0) is 14.0. The van der Waals surface area contributed by atoms with Crippen LogP contribution in [0.5, 0.6) is 5.75 Å². The van der Waals surface area contributed by atoms with Gasteiger partial charge in [0.25, 0.3) is 0 Å². The number of benzene rings is 1. The number of fused-ring (bicyclic) bond motifs is 1. The zero-order valence-electron chi connectivity index (χ0n) is 11.3. The molecule has 2 aromatic rings. The van der Waals surface area contributed by atoms with Crippen LogP contribution in [0.4, 0.5) is 0 Å². The summed E-state index contributed by atoms with van der Waals surface area (Å²) in [5, 5.41) is 0.894. The van der Waals surface area contributed by atoms with E-state index in [0.29, 0.717) is 17.8 Å². The first kappa shape index (κ1) is 13.2. The van der Waals surface area contributed by atoms with Gasteiger partial charge in [0.2, 0.25) is 0 Å². The topological polar surface area (TPSA) is 39.4 Å². The lowest BCUT2D eigenvalue weighted by molar-refractivity contribution is 0.147. The summed E-state index contributed by atoms with van der Waals surface area (Å²) in [5.74, 6) is 3.23. The fourth-order valence-corrected chi connectivity index (χ4v) is 1.83. The summed E-state index contributed by atoms with van der Waals surface area (Å²) in [6, 6.07) is 6.88. The van der Waals surface area contributed by atoms with Gasteiger partial charge in [-0.2, -0.15) is 0 Å². The maximum Gasteiger partial charge on any atom is 0.336 e. The highest BCUT2D eigenvalue weighted by Gasteiger charge is 2.20. The molecule has 1 aromatic carbocycles. The molecule has 1 heterocycles. The lowest BCUT2D eigenvalue weighted by atomic mass is 10.0. The Morgan fingerprint density at radius 1 is 1.42 bits per heavy atom. The van der Waals surface area contributed by atoms with Gasteiger partial charge in [-0.25, -0.2) is 4.79 Å². The van der Waals surface area contributed by atoms with E-state index >= 15 is 0 Å². The molecule has 3 heteroatoms. The number of aryl methyl sites for hydroxylation is 1. The van der Waals surface area contributed by atoms with Crippen molar-refractivity contribution in [2.24, 2.45) is 0 Å². The Bertz CT molecular complexity index is 706. The van der Waals surface area contributed by atoms with Crippen molar-refractivity contribution in [2.75, 3.05) is 0 Å². The van der Waals surface area contributed by atoms with Crippen LogP contribution in [-0.2, 0) is 0 Å². The van der Waals surface area contributed by atoms with Gasteiger partial charge in [-0.3, -0.25) is 0 Å². The number of rotatable bonds is 3. The maximum atomic E-state index is 11.4. The fraction of sp³-hybridized carbons (Fsp3) is 0.312. The highest BCUT2D eigenvalue weighted by molar-refractivity contribution is 5.81. The van der Waals surface area contributed by atoms with Gasteiger partial charge in [-0.15, -0.1) is 6.42 Å². The number of terminal acetylenes is 1. The summed E-state index contributed by atoms with van der Waals surface area (Å²) in [5.41, 5.74) is 0.376. The molecular weight excluding hydrogens is 240 g/mol. The van der Waals surface area contributed by atoms with E-state index in [1.54, 1.807) is 6.07 Å². The third-order valence-electron chi connectivity index (χ3n) is 3.25. The van der Waals surface area contributed by atoms with Crippen molar-refractivity contribution in [1.29, 1.82) is 0 Å². The summed E-state index contributed by atoms with van der Waals surface area (Å²) < 4.78 is 11.0. The van der Waals surface area contributed by atoms with Crippen LogP contribution in [0, 0.1) is 19.3 Å². The van der Waals surface area contributed by atoms with E-state index in [1.165, 1.54) is 6.07 Å². The normalized spacial score (nSPS) is 13.8. The van der Waals surface area contributed by atoms with E-state index in [-0.39, 0.29) is 5.63 Å². The fourth-order valence-electron chi connectivity index (χ4n) is 1.83.